The van der Waals surface area contributed by atoms with Crippen molar-refractivity contribution < 1.29 is 0 Å². The Kier molecular flexibility index (Phi) is 4.11. The van der Waals surface area contributed by atoms with Crippen LogP contribution in [0.5, 0.6) is 0 Å². The van der Waals surface area contributed by atoms with Gasteiger partial charge in [0.05, 0.1) is 4.70 Å². The van der Waals surface area contributed by atoms with Crippen molar-refractivity contribution in [2.24, 2.45) is 0 Å². The first-order valence-electron chi connectivity index (χ1n) is 8.94. The third-order valence-corrected chi connectivity index (χ3v) is 6.88. The lowest BCUT2D eigenvalue weighted by atomic mass is 10.1. The molecular weight excluding hydrogens is 360 g/mol. The van der Waals surface area contributed by atoms with Gasteiger partial charge in [-0.2, -0.15) is 0 Å². The van der Waals surface area contributed by atoms with Gasteiger partial charge >= 0.3 is 0 Å². The molecule has 0 saturated carbocycles. The van der Waals surface area contributed by atoms with Crippen molar-refractivity contribution in [1.82, 2.24) is 15.1 Å². The molecular formula is C20H20N4S2. The fraction of sp³-hybridized carbons (Fsp3) is 0.300. The Morgan fingerprint density at radius 1 is 1.12 bits per heavy atom. The average Bonchev–Trinajstić information content (AvgIpc) is 3.31. The smallest absolute Gasteiger partial charge is 0.157 e. The second-order valence-electron chi connectivity index (χ2n) is 6.98. The Bertz CT molecular complexity index is 1070. The third-order valence-electron chi connectivity index (χ3n) is 5.08. The van der Waals surface area contributed by atoms with Gasteiger partial charge in [0.1, 0.15) is 5.69 Å². The summed E-state index contributed by atoms with van der Waals surface area (Å²) in [6.45, 7) is 2.24. The van der Waals surface area contributed by atoms with Gasteiger partial charge in [0.2, 0.25) is 0 Å². The maximum absolute atomic E-state index is 4.61. The van der Waals surface area contributed by atoms with E-state index in [4.69, 9.17) is 0 Å². The van der Waals surface area contributed by atoms with Crippen LogP contribution in [0.3, 0.4) is 0 Å². The largest absolute Gasteiger partial charge is 0.364 e. The van der Waals surface area contributed by atoms with Crippen LogP contribution >= 0.6 is 22.7 Å². The van der Waals surface area contributed by atoms with Gasteiger partial charge in [-0.1, -0.05) is 12.1 Å². The molecule has 4 aromatic rings. The highest BCUT2D eigenvalue weighted by Gasteiger charge is 2.20. The molecule has 0 unspecified atom stereocenters. The zero-order chi connectivity index (χ0) is 17.5. The zero-order valence-corrected chi connectivity index (χ0v) is 16.2. The molecule has 1 aromatic carbocycles. The van der Waals surface area contributed by atoms with Crippen molar-refractivity contribution in [1.29, 1.82) is 0 Å². The van der Waals surface area contributed by atoms with Gasteiger partial charge in [0, 0.05) is 28.2 Å². The monoisotopic (exact) mass is 380 g/mol. The molecule has 1 N–H and O–H groups in total. The fourth-order valence-corrected chi connectivity index (χ4v) is 5.48. The minimum absolute atomic E-state index is 0.444. The molecule has 1 saturated heterocycles. The summed E-state index contributed by atoms with van der Waals surface area (Å²) in [5.74, 6) is 0.919. The molecule has 1 aliphatic heterocycles. The first-order valence-corrected chi connectivity index (χ1v) is 10.7. The van der Waals surface area contributed by atoms with Gasteiger partial charge in [0.15, 0.2) is 5.82 Å². The summed E-state index contributed by atoms with van der Waals surface area (Å²) in [6.07, 6.45) is 2.42. The highest BCUT2D eigenvalue weighted by molar-refractivity contribution is 7.18. The van der Waals surface area contributed by atoms with Gasteiger partial charge in [-0.15, -0.1) is 32.9 Å². The number of fused-ring (bicyclic) bond motifs is 2. The maximum atomic E-state index is 4.61. The number of nitrogens with zero attached hydrogens (tertiary/aromatic N) is 3. The fourth-order valence-electron chi connectivity index (χ4n) is 3.75. The summed E-state index contributed by atoms with van der Waals surface area (Å²) in [4.78, 5) is 2.38. The summed E-state index contributed by atoms with van der Waals surface area (Å²) in [6, 6.07) is 11.3. The number of likely N-dealkylation sites (tertiary alicyclic amines) is 1. The van der Waals surface area contributed by atoms with Gasteiger partial charge in [-0.25, -0.2) is 0 Å². The van der Waals surface area contributed by atoms with Crippen LogP contribution < -0.4 is 5.32 Å². The van der Waals surface area contributed by atoms with Crippen LogP contribution in [0.2, 0.25) is 0 Å². The Labute approximate surface area is 160 Å². The number of anilines is 1. The molecule has 132 valence electrons. The molecule has 0 spiro atoms. The summed E-state index contributed by atoms with van der Waals surface area (Å²) < 4.78 is 2.50. The molecule has 0 amide bonds. The molecule has 1 fully saturated rings. The summed E-state index contributed by atoms with van der Waals surface area (Å²) in [5.41, 5.74) is 2.13. The first kappa shape index (κ1) is 16.2. The number of likely N-dealkylation sites (N-methyl/N-ethyl adjacent to an activating group) is 1. The van der Waals surface area contributed by atoms with Crippen LogP contribution in [0.25, 0.3) is 31.4 Å². The Hall–Kier alpha value is -2.02. The minimum Gasteiger partial charge on any atom is -0.364 e. The number of thiophene rings is 2. The predicted octanol–water partition coefficient (Wildman–Crippen LogP) is 5.08. The summed E-state index contributed by atoms with van der Waals surface area (Å²) in [7, 11) is 2.18. The topological polar surface area (TPSA) is 41.0 Å². The number of nitrogens with one attached hydrogen (secondary N) is 1. The molecule has 0 radical (unpaired) electrons. The van der Waals surface area contributed by atoms with Crippen molar-refractivity contribution in [3.63, 3.8) is 0 Å². The highest BCUT2D eigenvalue weighted by atomic mass is 32.1. The van der Waals surface area contributed by atoms with Gasteiger partial charge < -0.3 is 10.2 Å². The second kappa shape index (κ2) is 6.61. The van der Waals surface area contributed by atoms with E-state index in [9.17, 15) is 0 Å². The Morgan fingerprint density at radius 2 is 2.04 bits per heavy atom. The van der Waals surface area contributed by atoms with Crippen LogP contribution in [0.15, 0.2) is 41.1 Å². The van der Waals surface area contributed by atoms with Crippen molar-refractivity contribution >= 4 is 48.7 Å². The molecule has 4 nitrogen and oxygen atoms in total. The molecule has 6 heteroatoms. The molecule has 1 aliphatic rings. The molecule has 4 heterocycles. The van der Waals surface area contributed by atoms with E-state index in [-0.39, 0.29) is 0 Å². The van der Waals surface area contributed by atoms with E-state index in [0.717, 1.165) is 23.6 Å². The van der Waals surface area contributed by atoms with E-state index in [2.05, 4.69) is 68.6 Å². The van der Waals surface area contributed by atoms with Gasteiger partial charge in [0.25, 0.3) is 0 Å². The van der Waals surface area contributed by atoms with E-state index in [1.54, 1.807) is 22.7 Å². The Balaban J connectivity index is 1.53. The van der Waals surface area contributed by atoms with E-state index in [1.165, 1.54) is 39.6 Å². The van der Waals surface area contributed by atoms with Gasteiger partial charge in [-0.05, 0) is 60.8 Å². The molecule has 26 heavy (non-hydrogen) atoms. The van der Waals surface area contributed by atoms with E-state index in [0.29, 0.717) is 6.04 Å². The number of piperidine rings is 1. The average molecular weight is 381 g/mol. The van der Waals surface area contributed by atoms with Crippen LogP contribution in [-0.4, -0.2) is 41.3 Å². The predicted molar refractivity (Wildman–Crippen MR) is 112 cm³/mol. The number of hydrogen-bond acceptors (Lipinski definition) is 6. The first-order chi connectivity index (χ1) is 12.8. The van der Waals surface area contributed by atoms with Crippen LogP contribution in [0, 0.1) is 0 Å². The lowest BCUT2D eigenvalue weighted by Gasteiger charge is -2.30. The van der Waals surface area contributed by atoms with Crippen LogP contribution in [0.4, 0.5) is 5.82 Å². The van der Waals surface area contributed by atoms with Crippen molar-refractivity contribution in [2.45, 2.75) is 18.9 Å². The highest BCUT2D eigenvalue weighted by Crippen LogP contribution is 2.36. The van der Waals surface area contributed by atoms with E-state index in [1.807, 2.05) is 0 Å². The van der Waals surface area contributed by atoms with Crippen molar-refractivity contribution in [2.75, 3.05) is 25.5 Å². The SMILES string of the molecule is CN1CCC[C@@H](Nc2nnc(-c3ccc4ccsc4c3)c3sccc23)C1. The Morgan fingerprint density at radius 3 is 2.96 bits per heavy atom. The normalized spacial score (nSPS) is 18.6. The minimum atomic E-state index is 0.444. The molecule has 5 rings (SSSR count). The lowest BCUT2D eigenvalue weighted by Crippen LogP contribution is -2.39. The number of hydrogen-bond donors (Lipinski definition) is 1. The van der Waals surface area contributed by atoms with E-state index >= 15 is 0 Å². The third kappa shape index (κ3) is 2.88. The second-order valence-corrected chi connectivity index (χ2v) is 8.84. The molecule has 0 aliphatic carbocycles. The number of rotatable bonds is 3. The van der Waals surface area contributed by atoms with Crippen molar-refractivity contribution in [3.05, 3.63) is 41.1 Å². The summed E-state index contributed by atoms with van der Waals surface area (Å²) in [5, 5.41) is 19.6. The quantitative estimate of drug-likeness (QED) is 0.538. The molecule has 1 atom stereocenters. The van der Waals surface area contributed by atoms with E-state index < -0.39 is 0 Å². The van der Waals surface area contributed by atoms with Crippen molar-refractivity contribution in [3.8, 4) is 11.3 Å². The zero-order valence-electron chi connectivity index (χ0n) is 14.6. The summed E-state index contributed by atoms with van der Waals surface area (Å²) >= 11 is 3.51. The lowest BCUT2D eigenvalue weighted by molar-refractivity contribution is 0.261. The maximum Gasteiger partial charge on any atom is 0.157 e. The number of benzene rings is 1. The van der Waals surface area contributed by atoms with Gasteiger partial charge in [-0.3, -0.25) is 0 Å². The standard InChI is InChI=1S/C20H20N4S2/c1-24-8-2-3-15(12-24)21-20-16-7-10-26-19(16)18(22-23-20)14-5-4-13-6-9-25-17(13)11-14/h4-7,9-11,15H,2-3,8,12H2,1H3,(H,21,23)/t15-/m1/s1. The molecule has 0 bridgehead atoms. The van der Waals surface area contributed by atoms with Crippen LogP contribution in [0.1, 0.15) is 12.8 Å². The number of aromatic nitrogens is 2. The molecule has 3 aromatic heterocycles. The van der Waals surface area contributed by atoms with Crippen LogP contribution in [-0.2, 0) is 0 Å².